The summed E-state index contributed by atoms with van der Waals surface area (Å²) >= 11 is 6.40. The number of benzene rings is 1. The molecule has 4 aromatic rings. The summed E-state index contributed by atoms with van der Waals surface area (Å²) in [6.07, 6.45) is 2.27. The molecular formula is C21H17ClN4O2. The van der Waals surface area contributed by atoms with Gasteiger partial charge in [-0.3, -0.25) is 9.69 Å². The molecule has 0 unspecified atom stereocenters. The third kappa shape index (κ3) is 3.10. The van der Waals surface area contributed by atoms with Gasteiger partial charge in [0.15, 0.2) is 11.6 Å². The molecule has 1 aromatic carbocycles. The zero-order chi connectivity index (χ0) is 19.1. The van der Waals surface area contributed by atoms with E-state index >= 15 is 0 Å². The molecule has 0 fully saturated rings. The molecule has 4 heterocycles. The van der Waals surface area contributed by atoms with Gasteiger partial charge in [0.25, 0.3) is 5.56 Å². The van der Waals surface area contributed by atoms with E-state index in [4.69, 9.17) is 16.0 Å². The number of nitrogens with one attached hydrogen (secondary N) is 1. The highest BCUT2D eigenvalue weighted by atomic mass is 35.5. The van der Waals surface area contributed by atoms with Crippen molar-refractivity contribution in [3.05, 3.63) is 81.1 Å². The summed E-state index contributed by atoms with van der Waals surface area (Å²) in [5.41, 5.74) is 3.25. The standard InChI is InChI=1S/C21H17ClN4O2/c22-19-14(10-13-4-1-2-5-16(13)23-19)11-26-8-7-17-15(12-26)21(27)25-20(24-17)18-6-3-9-28-18/h1-6,9-10H,7-8,11-12H2,(H,24,25,27). The Kier molecular flexibility index (Phi) is 4.22. The van der Waals surface area contributed by atoms with E-state index in [0.29, 0.717) is 41.8 Å². The summed E-state index contributed by atoms with van der Waals surface area (Å²) < 4.78 is 5.35. The third-order valence-electron chi connectivity index (χ3n) is 5.05. The third-order valence-corrected chi connectivity index (χ3v) is 5.37. The van der Waals surface area contributed by atoms with Gasteiger partial charge in [-0.2, -0.15) is 0 Å². The van der Waals surface area contributed by atoms with Crippen LogP contribution in [0.4, 0.5) is 0 Å². The predicted octanol–water partition coefficient (Wildman–Crippen LogP) is 3.79. The first kappa shape index (κ1) is 17.2. The summed E-state index contributed by atoms with van der Waals surface area (Å²) in [5.74, 6) is 1.04. The van der Waals surface area contributed by atoms with E-state index in [2.05, 4.69) is 25.9 Å². The fourth-order valence-corrected chi connectivity index (χ4v) is 3.84. The van der Waals surface area contributed by atoms with Crippen molar-refractivity contribution in [2.75, 3.05) is 6.54 Å². The van der Waals surface area contributed by atoms with Crippen molar-refractivity contribution in [1.82, 2.24) is 19.9 Å². The fraction of sp³-hybridized carbons (Fsp3) is 0.190. The number of hydrogen-bond acceptors (Lipinski definition) is 5. The minimum atomic E-state index is -0.121. The predicted molar refractivity (Wildman–Crippen MR) is 107 cm³/mol. The van der Waals surface area contributed by atoms with E-state index in [0.717, 1.165) is 28.7 Å². The Hall–Kier alpha value is -2.96. The number of nitrogens with zero attached hydrogens (tertiary/aromatic N) is 3. The molecule has 0 aliphatic carbocycles. The molecule has 1 aliphatic heterocycles. The molecule has 3 aromatic heterocycles. The van der Waals surface area contributed by atoms with Gasteiger partial charge in [-0.1, -0.05) is 29.8 Å². The summed E-state index contributed by atoms with van der Waals surface area (Å²) in [7, 11) is 0. The Bertz CT molecular complexity index is 1220. The number of halogens is 1. The SMILES string of the molecule is O=c1[nH]c(-c2ccco2)nc2c1CN(Cc1cc3ccccc3nc1Cl)CC2. The molecule has 0 atom stereocenters. The zero-order valence-electron chi connectivity index (χ0n) is 15.0. The van der Waals surface area contributed by atoms with Crippen molar-refractivity contribution in [3.63, 3.8) is 0 Å². The van der Waals surface area contributed by atoms with E-state index in [-0.39, 0.29) is 5.56 Å². The average molecular weight is 393 g/mol. The molecule has 0 saturated carbocycles. The Balaban J connectivity index is 1.42. The molecule has 0 bridgehead atoms. The second-order valence-corrected chi connectivity index (χ2v) is 7.27. The van der Waals surface area contributed by atoms with Crippen molar-refractivity contribution in [3.8, 4) is 11.6 Å². The Labute approximate surface area is 165 Å². The summed E-state index contributed by atoms with van der Waals surface area (Å²) in [6.45, 7) is 1.96. The quantitative estimate of drug-likeness (QED) is 0.537. The average Bonchev–Trinajstić information content (AvgIpc) is 3.24. The van der Waals surface area contributed by atoms with Gasteiger partial charge in [0, 0.05) is 37.0 Å². The Morgan fingerprint density at radius 2 is 2.07 bits per heavy atom. The zero-order valence-corrected chi connectivity index (χ0v) is 15.7. The number of H-pyrrole nitrogens is 1. The van der Waals surface area contributed by atoms with Gasteiger partial charge >= 0.3 is 0 Å². The smallest absolute Gasteiger partial charge is 0.256 e. The van der Waals surface area contributed by atoms with Crippen molar-refractivity contribution in [2.24, 2.45) is 0 Å². The molecule has 7 heteroatoms. The topological polar surface area (TPSA) is 75.0 Å². The Morgan fingerprint density at radius 1 is 1.18 bits per heavy atom. The van der Waals surface area contributed by atoms with Crippen LogP contribution in [0.2, 0.25) is 5.15 Å². The van der Waals surface area contributed by atoms with Crippen LogP contribution in [0.5, 0.6) is 0 Å². The number of fused-ring (bicyclic) bond motifs is 2. The molecule has 0 amide bonds. The maximum absolute atomic E-state index is 12.6. The lowest BCUT2D eigenvalue weighted by Crippen LogP contribution is -2.35. The highest BCUT2D eigenvalue weighted by Crippen LogP contribution is 2.24. The van der Waals surface area contributed by atoms with Crippen molar-refractivity contribution in [2.45, 2.75) is 19.5 Å². The van der Waals surface area contributed by atoms with E-state index < -0.39 is 0 Å². The molecule has 1 N–H and O–H groups in total. The minimum absolute atomic E-state index is 0.121. The molecule has 28 heavy (non-hydrogen) atoms. The second kappa shape index (κ2) is 6.89. The number of furan rings is 1. The van der Waals surface area contributed by atoms with Gasteiger partial charge in [-0.15, -0.1) is 0 Å². The molecule has 6 nitrogen and oxygen atoms in total. The first-order chi connectivity index (χ1) is 13.7. The van der Waals surface area contributed by atoms with E-state index in [9.17, 15) is 4.79 Å². The highest BCUT2D eigenvalue weighted by Gasteiger charge is 2.23. The van der Waals surface area contributed by atoms with Gasteiger partial charge in [-0.25, -0.2) is 9.97 Å². The summed E-state index contributed by atoms with van der Waals surface area (Å²) in [5, 5.41) is 1.56. The van der Waals surface area contributed by atoms with Crippen molar-refractivity contribution < 1.29 is 4.42 Å². The van der Waals surface area contributed by atoms with Crippen molar-refractivity contribution >= 4 is 22.5 Å². The number of rotatable bonds is 3. The number of para-hydroxylation sites is 1. The normalized spacial score (nSPS) is 14.3. The summed E-state index contributed by atoms with van der Waals surface area (Å²) in [6, 6.07) is 13.5. The molecule has 1 aliphatic rings. The van der Waals surface area contributed by atoms with Gasteiger partial charge < -0.3 is 9.40 Å². The fourth-order valence-electron chi connectivity index (χ4n) is 3.63. The lowest BCUT2D eigenvalue weighted by molar-refractivity contribution is 0.241. The van der Waals surface area contributed by atoms with E-state index in [1.54, 1.807) is 18.4 Å². The maximum Gasteiger partial charge on any atom is 0.256 e. The lowest BCUT2D eigenvalue weighted by Gasteiger charge is -2.27. The van der Waals surface area contributed by atoms with Crippen molar-refractivity contribution in [1.29, 1.82) is 0 Å². The largest absolute Gasteiger partial charge is 0.461 e. The lowest BCUT2D eigenvalue weighted by atomic mass is 10.1. The van der Waals surface area contributed by atoms with Crippen LogP contribution in [0, 0.1) is 0 Å². The van der Waals surface area contributed by atoms with E-state index in [1.165, 1.54) is 0 Å². The van der Waals surface area contributed by atoms with Gasteiger partial charge in [0.2, 0.25) is 0 Å². The Morgan fingerprint density at radius 3 is 2.93 bits per heavy atom. The van der Waals surface area contributed by atoms with Crippen LogP contribution >= 0.6 is 11.6 Å². The molecule has 140 valence electrons. The number of pyridine rings is 1. The maximum atomic E-state index is 12.6. The molecule has 0 spiro atoms. The number of aromatic amines is 1. The van der Waals surface area contributed by atoms with Crippen LogP contribution in [-0.2, 0) is 19.5 Å². The monoisotopic (exact) mass is 392 g/mol. The van der Waals surface area contributed by atoms with Crippen LogP contribution in [0.25, 0.3) is 22.5 Å². The minimum Gasteiger partial charge on any atom is -0.461 e. The molecular weight excluding hydrogens is 376 g/mol. The van der Waals surface area contributed by atoms with E-state index in [1.807, 2.05) is 24.3 Å². The van der Waals surface area contributed by atoms with Crippen LogP contribution in [0.3, 0.4) is 0 Å². The second-order valence-electron chi connectivity index (χ2n) is 6.91. The number of hydrogen-bond donors (Lipinski definition) is 1. The van der Waals surface area contributed by atoms with Crippen LogP contribution in [0.1, 0.15) is 16.8 Å². The molecule has 5 rings (SSSR count). The molecule has 0 radical (unpaired) electrons. The van der Waals surface area contributed by atoms with Gasteiger partial charge in [-0.05, 0) is 24.3 Å². The van der Waals surface area contributed by atoms with Gasteiger partial charge in [0.05, 0.1) is 23.0 Å². The number of aromatic nitrogens is 3. The van der Waals surface area contributed by atoms with Gasteiger partial charge in [0.1, 0.15) is 5.15 Å². The van der Waals surface area contributed by atoms with Crippen LogP contribution in [0.15, 0.2) is 57.9 Å². The first-order valence-electron chi connectivity index (χ1n) is 9.10. The van der Waals surface area contributed by atoms with Crippen LogP contribution in [-0.4, -0.2) is 26.4 Å². The summed E-state index contributed by atoms with van der Waals surface area (Å²) in [4.78, 5) is 26.7. The van der Waals surface area contributed by atoms with Crippen LogP contribution < -0.4 is 5.56 Å². The highest BCUT2D eigenvalue weighted by molar-refractivity contribution is 6.30. The molecule has 0 saturated heterocycles. The first-order valence-corrected chi connectivity index (χ1v) is 9.47.